The highest BCUT2D eigenvalue weighted by Gasteiger charge is 2.27. The van der Waals surface area contributed by atoms with Crippen LogP contribution >= 0.6 is 0 Å². The molecule has 1 heterocycles. The molecular formula is C20H25N3O3S. The monoisotopic (exact) mass is 387 g/mol. The van der Waals surface area contributed by atoms with Crippen LogP contribution in [0.15, 0.2) is 59.5 Å². The first-order valence-electron chi connectivity index (χ1n) is 9.21. The lowest BCUT2D eigenvalue weighted by molar-refractivity contribution is 0.0692. The van der Waals surface area contributed by atoms with Gasteiger partial charge in [0.05, 0.1) is 4.90 Å². The Kier molecular flexibility index (Phi) is 6.13. The van der Waals surface area contributed by atoms with E-state index in [-0.39, 0.29) is 16.8 Å². The first-order valence-corrected chi connectivity index (χ1v) is 10.7. The molecule has 2 aromatic carbocycles. The van der Waals surface area contributed by atoms with Crippen LogP contribution in [0.25, 0.3) is 0 Å². The number of para-hydroxylation sites is 1. The number of carbonyl (C=O) groups excluding carboxylic acids is 1. The average molecular weight is 388 g/mol. The minimum Gasteiger partial charge on any atom is -0.334 e. The first kappa shape index (κ1) is 19.4. The van der Waals surface area contributed by atoms with Crippen molar-refractivity contribution in [3.63, 3.8) is 0 Å². The number of nitrogens with one attached hydrogen (secondary N) is 2. The maximum absolute atomic E-state index is 12.9. The molecule has 1 atom stereocenters. The van der Waals surface area contributed by atoms with Crippen molar-refractivity contribution in [2.45, 2.75) is 30.7 Å². The van der Waals surface area contributed by atoms with Gasteiger partial charge in [-0.1, -0.05) is 25.1 Å². The zero-order chi connectivity index (χ0) is 19.3. The minimum atomic E-state index is -3.69. The van der Waals surface area contributed by atoms with Crippen molar-refractivity contribution in [3.05, 3.63) is 60.2 Å². The van der Waals surface area contributed by atoms with Crippen LogP contribution in [0.4, 0.5) is 5.69 Å². The van der Waals surface area contributed by atoms with Gasteiger partial charge >= 0.3 is 0 Å². The molecule has 1 fully saturated rings. The molecule has 0 radical (unpaired) electrons. The average Bonchev–Trinajstić information content (AvgIpc) is 3.20. The molecule has 2 aromatic rings. The number of nitrogens with zero attached hydrogens (tertiary/aromatic N) is 1. The fraction of sp³-hybridized carbons (Fsp3) is 0.350. The summed E-state index contributed by atoms with van der Waals surface area (Å²) in [6, 6.07) is 15.1. The van der Waals surface area contributed by atoms with E-state index in [1.165, 1.54) is 12.1 Å². The summed E-state index contributed by atoms with van der Waals surface area (Å²) in [5.74, 6) is -0.0504. The molecule has 7 heteroatoms. The van der Waals surface area contributed by atoms with Crippen LogP contribution in [0, 0.1) is 0 Å². The smallest absolute Gasteiger partial charge is 0.261 e. The van der Waals surface area contributed by atoms with Crippen molar-refractivity contribution in [2.24, 2.45) is 0 Å². The van der Waals surface area contributed by atoms with Crippen LogP contribution in [0.5, 0.6) is 0 Å². The van der Waals surface area contributed by atoms with Crippen LogP contribution in [-0.2, 0) is 10.0 Å². The van der Waals surface area contributed by atoms with Gasteiger partial charge in [-0.15, -0.1) is 0 Å². The predicted molar refractivity (Wildman–Crippen MR) is 106 cm³/mol. The summed E-state index contributed by atoms with van der Waals surface area (Å²) in [6.07, 6.45) is 1.83. The third-order valence-electron chi connectivity index (χ3n) is 4.64. The third kappa shape index (κ3) is 4.67. The molecule has 1 aliphatic heterocycles. The second-order valence-corrected chi connectivity index (χ2v) is 8.32. The van der Waals surface area contributed by atoms with Crippen molar-refractivity contribution in [1.82, 2.24) is 10.2 Å². The Hall–Kier alpha value is -2.38. The number of hydrogen-bond donors (Lipinski definition) is 2. The van der Waals surface area contributed by atoms with Gasteiger partial charge in [-0.05, 0) is 55.8 Å². The zero-order valence-corrected chi connectivity index (χ0v) is 16.2. The van der Waals surface area contributed by atoms with Gasteiger partial charge < -0.3 is 10.2 Å². The zero-order valence-electron chi connectivity index (χ0n) is 15.4. The molecule has 6 nitrogen and oxygen atoms in total. The lowest BCUT2D eigenvalue weighted by atomic mass is 10.1. The molecule has 0 spiro atoms. The predicted octanol–water partition coefficient (Wildman–Crippen LogP) is 2.70. The van der Waals surface area contributed by atoms with Crippen molar-refractivity contribution in [1.29, 1.82) is 0 Å². The first-order chi connectivity index (χ1) is 13.0. The second kappa shape index (κ2) is 8.54. The van der Waals surface area contributed by atoms with Crippen molar-refractivity contribution < 1.29 is 13.2 Å². The van der Waals surface area contributed by atoms with E-state index in [0.29, 0.717) is 17.8 Å². The normalized spacial score (nSPS) is 16.9. The fourth-order valence-corrected chi connectivity index (χ4v) is 4.32. The highest BCUT2D eigenvalue weighted by Crippen LogP contribution is 2.19. The van der Waals surface area contributed by atoms with Gasteiger partial charge in [0, 0.05) is 30.4 Å². The summed E-state index contributed by atoms with van der Waals surface area (Å²) in [7, 11) is -3.69. The summed E-state index contributed by atoms with van der Waals surface area (Å²) >= 11 is 0. The number of hydrogen-bond acceptors (Lipinski definition) is 4. The van der Waals surface area contributed by atoms with E-state index in [1.54, 1.807) is 36.4 Å². The molecule has 0 aromatic heterocycles. The Morgan fingerprint density at radius 1 is 1.15 bits per heavy atom. The standard InChI is InChI=1S/C20H25N3O3S/c1-2-14-23(18-12-13-21-15-18)20(24)16-8-10-19(11-9-16)27(25,26)22-17-6-4-3-5-7-17/h3-11,18,21-22H,2,12-15H2,1H3. The van der Waals surface area contributed by atoms with Gasteiger partial charge in [-0.25, -0.2) is 8.42 Å². The van der Waals surface area contributed by atoms with Gasteiger partial charge in [0.25, 0.3) is 15.9 Å². The SMILES string of the molecule is CCCN(C(=O)c1ccc(S(=O)(=O)Nc2ccccc2)cc1)C1CCNC1. The van der Waals surface area contributed by atoms with Gasteiger partial charge in [-0.2, -0.15) is 0 Å². The van der Waals surface area contributed by atoms with Crippen molar-refractivity contribution in [2.75, 3.05) is 24.4 Å². The Morgan fingerprint density at radius 2 is 1.85 bits per heavy atom. The summed E-state index contributed by atoms with van der Waals surface area (Å²) in [4.78, 5) is 14.9. The lowest BCUT2D eigenvalue weighted by Gasteiger charge is -2.28. The molecule has 144 valence electrons. The van der Waals surface area contributed by atoms with Gasteiger partial charge in [0.2, 0.25) is 0 Å². The molecule has 1 unspecified atom stereocenters. The topological polar surface area (TPSA) is 78.5 Å². The Morgan fingerprint density at radius 3 is 2.44 bits per heavy atom. The molecule has 3 rings (SSSR count). The van der Waals surface area contributed by atoms with Crippen LogP contribution in [0.2, 0.25) is 0 Å². The summed E-state index contributed by atoms with van der Waals surface area (Å²) in [5, 5.41) is 3.29. The highest BCUT2D eigenvalue weighted by molar-refractivity contribution is 7.92. The van der Waals surface area contributed by atoms with Crippen LogP contribution in [-0.4, -0.2) is 44.9 Å². The van der Waals surface area contributed by atoms with Crippen LogP contribution in [0.3, 0.4) is 0 Å². The number of rotatable bonds is 7. The molecule has 0 saturated carbocycles. The highest BCUT2D eigenvalue weighted by atomic mass is 32.2. The minimum absolute atomic E-state index is 0.0504. The van der Waals surface area contributed by atoms with Gasteiger partial charge in [0.1, 0.15) is 0 Å². The van der Waals surface area contributed by atoms with E-state index in [9.17, 15) is 13.2 Å². The largest absolute Gasteiger partial charge is 0.334 e. The van der Waals surface area contributed by atoms with Crippen LogP contribution < -0.4 is 10.0 Å². The molecule has 1 aliphatic rings. The van der Waals surface area contributed by atoms with Crippen LogP contribution in [0.1, 0.15) is 30.1 Å². The quantitative estimate of drug-likeness (QED) is 0.766. The number of sulfonamides is 1. The van der Waals surface area contributed by atoms with Gasteiger partial charge in [-0.3, -0.25) is 9.52 Å². The molecule has 0 aliphatic carbocycles. The Labute approximate surface area is 160 Å². The molecule has 27 heavy (non-hydrogen) atoms. The molecule has 1 amide bonds. The number of amides is 1. The van der Waals surface area contributed by atoms with E-state index in [4.69, 9.17) is 0 Å². The van der Waals surface area contributed by atoms with E-state index in [0.717, 1.165) is 25.9 Å². The Balaban J connectivity index is 1.76. The number of benzene rings is 2. The molecule has 0 bridgehead atoms. The summed E-state index contributed by atoms with van der Waals surface area (Å²) in [6.45, 7) is 4.47. The van der Waals surface area contributed by atoms with Crippen molar-refractivity contribution >= 4 is 21.6 Å². The molecule has 1 saturated heterocycles. The second-order valence-electron chi connectivity index (χ2n) is 6.64. The third-order valence-corrected chi connectivity index (χ3v) is 6.04. The molecular weight excluding hydrogens is 362 g/mol. The van der Waals surface area contributed by atoms with E-state index in [2.05, 4.69) is 10.0 Å². The van der Waals surface area contributed by atoms with E-state index in [1.807, 2.05) is 17.9 Å². The Bertz CT molecular complexity index is 861. The maximum Gasteiger partial charge on any atom is 0.261 e. The van der Waals surface area contributed by atoms with Gasteiger partial charge in [0.15, 0.2) is 0 Å². The summed E-state index contributed by atoms with van der Waals surface area (Å²) < 4.78 is 27.6. The van der Waals surface area contributed by atoms with E-state index >= 15 is 0 Å². The fourth-order valence-electron chi connectivity index (χ4n) is 3.26. The maximum atomic E-state index is 12.9. The summed E-state index contributed by atoms with van der Waals surface area (Å²) in [5.41, 5.74) is 1.01. The number of carbonyl (C=O) groups is 1. The number of anilines is 1. The van der Waals surface area contributed by atoms with E-state index < -0.39 is 10.0 Å². The lowest BCUT2D eigenvalue weighted by Crippen LogP contribution is -2.42. The van der Waals surface area contributed by atoms with Crippen molar-refractivity contribution in [3.8, 4) is 0 Å². The molecule has 2 N–H and O–H groups in total.